The van der Waals surface area contributed by atoms with Crippen molar-refractivity contribution >= 4 is 5.91 Å². The van der Waals surface area contributed by atoms with Gasteiger partial charge in [0.2, 0.25) is 0 Å². The third-order valence-corrected chi connectivity index (χ3v) is 4.43. The molecule has 0 saturated carbocycles. The number of aromatic nitrogens is 1. The summed E-state index contributed by atoms with van der Waals surface area (Å²) in [4.78, 5) is 14.4. The minimum atomic E-state index is -0.731. The van der Waals surface area contributed by atoms with Crippen LogP contribution in [0.5, 0.6) is 5.75 Å². The molecule has 2 aromatic rings. The van der Waals surface area contributed by atoms with Gasteiger partial charge in [-0.2, -0.15) is 0 Å². The highest BCUT2D eigenvalue weighted by molar-refractivity contribution is 5.96. The summed E-state index contributed by atoms with van der Waals surface area (Å²) in [6.45, 7) is 4.27. The molecule has 7 heteroatoms. The lowest BCUT2D eigenvalue weighted by molar-refractivity contribution is 0.0348. The lowest BCUT2D eigenvalue weighted by atomic mass is 10.1. The first-order chi connectivity index (χ1) is 12.0. The first-order valence-corrected chi connectivity index (χ1v) is 8.28. The van der Waals surface area contributed by atoms with Crippen LogP contribution in [0.15, 0.2) is 28.8 Å². The van der Waals surface area contributed by atoms with E-state index in [0.29, 0.717) is 48.7 Å². The van der Waals surface area contributed by atoms with Crippen LogP contribution >= 0.6 is 0 Å². The molecule has 0 radical (unpaired) electrons. The molecule has 1 aromatic carbocycles. The van der Waals surface area contributed by atoms with Crippen molar-refractivity contribution < 1.29 is 23.6 Å². The zero-order valence-corrected chi connectivity index (χ0v) is 14.2. The molecule has 1 amide bonds. The molecule has 25 heavy (non-hydrogen) atoms. The molecule has 1 N–H and O–H groups in total. The van der Waals surface area contributed by atoms with Gasteiger partial charge in [0, 0.05) is 25.6 Å². The van der Waals surface area contributed by atoms with Gasteiger partial charge in [-0.15, -0.1) is 0 Å². The highest BCUT2D eigenvalue weighted by Crippen LogP contribution is 2.22. The minimum Gasteiger partial charge on any atom is -0.488 e. The van der Waals surface area contributed by atoms with E-state index in [4.69, 9.17) is 9.26 Å². The van der Waals surface area contributed by atoms with Gasteiger partial charge in [-0.3, -0.25) is 4.79 Å². The van der Waals surface area contributed by atoms with E-state index in [9.17, 15) is 14.3 Å². The van der Waals surface area contributed by atoms with Crippen molar-refractivity contribution in [2.45, 2.75) is 38.9 Å². The van der Waals surface area contributed by atoms with Crippen LogP contribution in [-0.2, 0) is 0 Å². The molecule has 1 fully saturated rings. The minimum absolute atomic E-state index is 0.158. The topological polar surface area (TPSA) is 75.8 Å². The summed E-state index contributed by atoms with van der Waals surface area (Å²) < 4.78 is 24.1. The predicted octanol–water partition coefficient (Wildman–Crippen LogP) is 2.48. The van der Waals surface area contributed by atoms with Gasteiger partial charge < -0.3 is 19.3 Å². The number of likely N-dealkylation sites (tertiary alicyclic amines) is 1. The Labute approximate surface area is 145 Å². The number of rotatable bonds is 3. The molecular weight excluding hydrogens is 327 g/mol. The summed E-state index contributed by atoms with van der Waals surface area (Å²) in [5, 5.41) is 14.1. The number of aryl methyl sites for hydroxylation is 2. The van der Waals surface area contributed by atoms with Crippen molar-refractivity contribution in [2.24, 2.45) is 0 Å². The molecule has 2 atom stereocenters. The number of nitrogens with zero attached hydrogens (tertiary/aromatic N) is 2. The zero-order chi connectivity index (χ0) is 18.0. The van der Waals surface area contributed by atoms with Crippen LogP contribution in [0, 0.1) is 19.7 Å². The molecule has 1 aliphatic heterocycles. The molecule has 6 nitrogen and oxygen atoms in total. The van der Waals surface area contributed by atoms with Crippen LogP contribution in [0.25, 0.3) is 0 Å². The van der Waals surface area contributed by atoms with Crippen molar-refractivity contribution in [1.82, 2.24) is 10.1 Å². The summed E-state index contributed by atoms with van der Waals surface area (Å²) in [7, 11) is 0. The summed E-state index contributed by atoms with van der Waals surface area (Å²) in [5.74, 6) is 0.306. The van der Waals surface area contributed by atoms with Crippen LogP contribution in [0.4, 0.5) is 4.39 Å². The SMILES string of the molecule is Cc1noc(C)c1C(=O)N1CC[C@H](Oc2cccc(F)c2)[C@@H](O)CC1. The average Bonchev–Trinajstić information content (AvgIpc) is 2.80. The number of aliphatic hydroxyl groups is 1. The Balaban J connectivity index is 1.69. The molecule has 0 bridgehead atoms. The molecule has 134 valence electrons. The molecule has 1 aromatic heterocycles. The largest absolute Gasteiger partial charge is 0.488 e. The van der Waals surface area contributed by atoms with Gasteiger partial charge >= 0.3 is 0 Å². The van der Waals surface area contributed by atoms with Crippen molar-refractivity contribution in [1.29, 1.82) is 0 Å². The summed E-state index contributed by atoms with van der Waals surface area (Å²) in [5.41, 5.74) is 1.03. The van der Waals surface area contributed by atoms with E-state index in [1.807, 2.05) is 0 Å². The lowest BCUT2D eigenvalue weighted by Gasteiger charge is -2.21. The maximum Gasteiger partial charge on any atom is 0.259 e. The van der Waals surface area contributed by atoms with Gasteiger partial charge in [0.1, 0.15) is 29.0 Å². The van der Waals surface area contributed by atoms with Crippen molar-refractivity contribution in [3.8, 4) is 5.75 Å². The summed E-state index contributed by atoms with van der Waals surface area (Å²) in [6.07, 6.45) is -0.392. The fourth-order valence-electron chi connectivity index (χ4n) is 3.06. The summed E-state index contributed by atoms with van der Waals surface area (Å²) >= 11 is 0. The number of aliphatic hydroxyl groups excluding tert-OH is 1. The van der Waals surface area contributed by atoms with Crippen molar-refractivity contribution in [3.05, 3.63) is 47.1 Å². The van der Waals surface area contributed by atoms with Crippen LogP contribution in [0.2, 0.25) is 0 Å². The first kappa shape index (κ1) is 17.4. The van der Waals surface area contributed by atoms with Crippen molar-refractivity contribution in [2.75, 3.05) is 13.1 Å². The standard InChI is InChI=1S/C18H21FN2O4/c1-11-17(12(2)25-20-11)18(23)21-8-6-15(22)16(7-9-21)24-14-5-3-4-13(19)10-14/h3-5,10,15-16,22H,6-9H2,1-2H3/t15-,16-/m0/s1. The molecule has 0 spiro atoms. The molecule has 0 aliphatic carbocycles. The van der Waals surface area contributed by atoms with E-state index in [2.05, 4.69) is 5.16 Å². The average molecular weight is 348 g/mol. The third-order valence-electron chi connectivity index (χ3n) is 4.43. The van der Waals surface area contributed by atoms with Gasteiger partial charge in [0.05, 0.1) is 11.8 Å². The van der Waals surface area contributed by atoms with E-state index in [1.54, 1.807) is 30.9 Å². The molecule has 3 rings (SSSR count). The van der Waals surface area contributed by atoms with Crippen molar-refractivity contribution in [3.63, 3.8) is 0 Å². The van der Waals surface area contributed by atoms with E-state index in [0.717, 1.165) is 0 Å². The predicted molar refractivity (Wildman–Crippen MR) is 87.9 cm³/mol. The lowest BCUT2D eigenvalue weighted by Crippen LogP contribution is -2.33. The highest BCUT2D eigenvalue weighted by Gasteiger charge is 2.30. The highest BCUT2D eigenvalue weighted by atomic mass is 19.1. The summed E-state index contributed by atoms with van der Waals surface area (Å²) in [6, 6.07) is 5.82. The number of amides is 1. The van der Waals surface area contributed by atoms with Crippen LogP contribution in [0.1, 0.15) is 34.7 Å². The molecular formula is C18H21FN2O4. The van der Waals surface area contributed by atoms with Gasteiger partial charge in [-0.25, -0.2) is 4.39 Å². The van der Waals surface area contributed by atoms with Gasteiger partial charge in [0.15, 0.2) is 0 Å². The Morgan fingerprint density at radius 3 is 2.80 bits per heavy atom. The second kappa shape index (κ2) is 7.23. The normalized spacial score (nSPS) is 21.0. The number of ether oxygens (including phenoxy) is 1. The number of hydrogen-bond donors (Lipinski definition) is 1. The Bertz CT molecular complexity index is 742. The fourth-order valence-corrected chi connectivity index (χ4v) is 3.06. The number of benzene rings is 1. The maximum absolute atomic E-state index is 13.3. The third kappa shape index (κ3) is 3.82. The van der Waals surface area contributed by atoms with Gasteiger partial charge in [-0.05, 0) is 32.4 Å². The van der Waals surface area contributed by atoms with E-state index in [-0.39, 0.29) is 5.91 Å². The Morgan fingerprint density at radius 2 is 2.12 bits per heavy atom. The smallest absolute Gasteiger partial charge is 0.259 e. The monoisotopic (exact) mass is 348 g/mol. The number of halogens is 1. The second-order valence-corrected chi connectivity index (χ2v) is 6.25. The Hall–Kier alpha value is -2.41. The van der Waals surface area contributed by atoms with Gasteiger partial charge in [-0.1, -0.05) is 11.2 Å². The van der Waals surface area contributed by atoms with Gasteiger partial charge in [0.25, 0.3) is 5.91 Å². The number of carbonyl (C=O) groups is 1. The molecule has 2 heterocycles. The number of hydrogen-bond acceptors (Lipinski definition) is 5. The molecule has 1 aliphatic rings. The quantitative estimate of drug-likeness (QED) is 0.922. The fraction of sp³-hybridized carbons (Fsp3) is 0.444. The number of carbonyl (C=O) groups excluding carboxylic acids is 1. The van der Waals surface area contributed by atoms with E-state index >= 15 is 0 Å². The Morgan fingerprint density at radius 1 is 1.36 bits per heavy atom. The Kier molecular flexibility index (Phi) is 5.03. The van der Waals surface area contributed by atoms with E-state index in [1.165, 1.54) is 12.1 Å². The van der Waals surface area contributed by atoms with Crippen LogP contribution < -0.4 is 4.74 Å². The first-order valence-electron chi connectivity index (χ1n) is 8.28. The molecule has 1 saturated heterocycles. The zero-order valence-electron chi connectivity index (χ0n) is 14.2. The maximum atomic E-state index is 13.3. The van der Waals surface area contributed by atoms with Crippen LogP contribution in [-0.4, -0.2) is 46.4 Å². The second-order valence-electron chi connectivity index (χ2n) is 6.25. The van der Waals surface area contributed by atoms with Crippen LogP contribution in [0.3, 0.4) is 0 Å². The molecule has 0 unspecified atom stereocenters. The van der Waals surface area contributed by atoms with E-state index < -0.39 is 18.0 Å².